The Hall–Kier alpha value is -3.18. The van der Waals surface area contributed by atoms with Gasteiger partial charge in [0.05, 0.1) is 6.61 Å². The lowest BCUT2D eigenvalue weighted by Crippen LogP contribution is -2.33. The van der Waals surface area contributed by atoms with Gasteiger partial charge in [-0.1, -0.05) is 23.8 Å². The van der Waals surface area contributed by atoms with E-state index >= 15 is 0 Å². The fourth-order valence-corrected chi connectivity index (χ4v) is 4.56. The third-order valence-corrected chi connectivity index (χ3v) is 6.80. The summed E-state index contributed by atoms with van der Waals surface area (Å²) in [5.41, 5.74) is 5.35. The Morgan fingerprint density at radius 2 is 1.97 bits per heavy atom. The van der Waals surface area contributed by atoms with Gasteiger partial charge >= 0.3 is 5.63 Å². The van der Waals surface area contributed by atoms with E-state index in [2.05, 4.69) is 25.2 Å². The summed E-state index contributed by atoms with van der Waals surface area (Å²) in [4.78, 5) is 25.8. The number of aryl methyl sites for hydroxylation is 2. The van der Waals surface area contributed by atoms with Gasteiger partial charge in [0.15, 0.2) is 5.78 Å². The Morgan fingerprint density at radius 1 is 1.14 bits per heavy atom. The zero-order chi connectivity index (χ0) is 24.9. The van der Waals surface area contributed by atoms with Crippen molar-refractivity contribution in [2.75, 3.05) is 19.7 Å². The lowest BCUT2D eigenvalue weighted by atomic mass is 9.97. The molecule has 3 aromatic rings. The number of ketones is 1. The summed E-state index contributed by atoms with van der Waals surface area (Å²) in [5.74, 6) is 1.13. The molecular formula is C30H35NO4. The third kappa shape index (κ3) is 6.09. The molecule has 1 aliphatic rings. The maximum atomic E-state index is 13.0. The van der Waals surface area contributed by atoms with Gasteiger partial charge in [0, 0.05) is 41.0 Å². The molecule has 5 nitrogen and oxygen atoms in total. The molecule has 184 valence electrons. The number of nitrogens with one attached hydrogen (secondary N) is 1. The lowest BCUT2D eigenvalue weighted by molar-refractivity contribution is 0.0992. The van der Waals surface area contributed by atoms with E-state index in [-0.39, 0.29) is 12.2 Å². The van der Waals surface area contributed by atoms with Crippen LogP contribution >= 0.6 is 0 Å². The highest BCUT2D eigenvalue weighted by Crippen LogP contribution is 2.28. The molecule has 0 radical (unpaired) electrons. The van der Waals surface area contributed by atoms with E-state index in [0.29, 0.717) is 29.2 Å². The van der Waals surface area contributed by atoms with Gasteiger partial charge in [0.2, 0.25) is 0 Å². The van der Waals surface area contributed by atoms with Crippen molar-refractivity contribution in [1.29, 1.82) is 0 Å². The molecular weight excluding hydrogens is 438 g/mol. The zero-order valence-electron chi connectivity index (χ0n) is 21.2. The average Bonchev–Trinajstić information content (AvgIpc) is 2.84. The molecule has 1 saturated heterocycles. The second-order valence-corrected chi connectivity index (χ2v) is 9.92. The number of hydrogen-bond donors (Lipinski definition) is 1. The molecule has 4 rings (SSSR count). The molecule has 0 saturated carbocycles. The van der Waals surface area contributed by atoms with Crippen LogP contribution in [0.3, 0.4) is 0 Å². The number of carbonyl (C=O) groups is 1. The highest BCUT2D eigenvalue weighted by molar-refractivity contribution is 5.98. The van der Waals surface area contributed by atoms with Gasteiger partial charge in [-0.2, -0.15) is 0 Å². The number of ether oxygens (including phenoxy) is 1. The van der Waals surface area contributed by atoms with Crippen LogP contribution in [0, 0.1) is 19.8 Å². The van der Waals surface area contributed by atoms with Gasteiger partial charge in [-0.3, -0.25) is 4.79 Å². The molecule has 1 aliphatic heterocycles. The maximum absolute atomic E-state index is 13.0. The third-order valence-electron chi connectivity index (χ3n) is 6.80. The molecule has 35 heavy (non-hydrogen) atoms. The molecule has 1 aromatic heterocycles. The van der Waals surface area contributed by atoms with Crippen molar-refractivity contribution in [2.45, 2.75) is 53.4 Å². The Labute approximate surface area is 207 Å². The molecule has 0 amide bonds. The van der Waals surface area contributed by atoms with E-state index < -0.39 is 5.63 Å². The highest BCUT2D eigenvalue weighted by atomic mass is 16.5. The van der Waals surface area contributed by atoms with Crippen LogP contribution in [0.4, 0.5) is 0 Å². The van der Waals surface area contributed by atoms with Crippen molar-refractivity contribution < 1.29 is 13.9 Å². The van der Waals surface area contributed by atoms with E-state index in [4.69, 9.17) is 9.15 Å². The van der Waals surface area contributed by atoms with Crippen LogP contribution in [0.5, 0.6) is 5.75 Å². The van der Waals surface area contributed by atoms with Gasteiger partial charge in [0.25, 0.3) is 0 Å². The monoisotopic (exact) mass is 473 g/mol. The number of carbonyl (C=O) groups excluding carboxylic acids is 1. The smallest absolute Gasteiger partial charge is 0.339 e. The van der Waals surface area contributed by atoms with E-state index in [9.17, 15) is 9.59 Å². The number of rotatable bonds is 8. The van der Waals surface area contributed by atoms with Crippen LogP contribution in [0.25, 0.3) is 11.0 Å². The minimum atomic E-state index is -0.473. The molecule has 2 heterocycles. The summed E-state index contributed by atoms with van der Waals surface area (Å²) in [5, 5.41) is 4.20. The van der Waals surface area contributed by atoms with Crippen molar-refractivity contribution >= 4 is 16.8 Å². The molecule has 1 fully saturated rings. The summed E-state index contributed by atoms with van der Waals surface area (Å²) in [6.07, 6.45) is 5.27. The second-order valence-electron chi connectivity index (χ2n) is 9.92. The van der Waals surface area contributed by atoms with Gasteiger partial charge < -0.3 is 14.5 Å². The minimum Gasteiger partial charge on any atom is -0.493 e. The first-order valence-corrected chi connectivity index (χ1v) is 12.5. The summed E-state index contributed by atoms with van der Waals surface area (Å²) in [6, 6.07) is 11.3. The number of benzene rings is 2. The van der Waals surface area contributed by atoms with Gasteiger partial charge in [-0.25, -0.2) is 4.79 Å². The molecule has 2 aromatic carbocycles. The fraction of sp³-hybridized carbons (Fsp3) is 0.400. The van der Waals surface area contributed by atoms with E-state index in [1.165, 1.54) is 12.0 Å². The maximum Gasteiger partial charge on any atom is 0.339 e. The van der Waals surface area contributed by atoms with Crippen molar-refractivity contribution in [2.24, 2.45) is 5.92 Å². The largest absolute Gasteiger partial charge is 0.493 e. The predicted octanol–water partition coefficient (Wildman–Crippen LogP) is 5.72. The molecule has 0 aliphatic carbocycles. The Balaban J connectivity index is 1.52. The van der Waals surface area contributed by atoms with Crippen LogP contribution in [-0.2, 0) is 12.8 Å². The molecule has 1 atom stereocenters. The summed E-state index contributed by atoms with van der Waals surface area (Å²) < 4.78 is 11.8. The standard InChI is InChI=1S/C30H35NO4/c1-19(2)7-9-23-14-24(10-8-20(23)3)27(32)16-26-15-25-11-12-28(21(4)29(25)35-30(26)33)34-18-22-6-5-13-31-17-22/h7-8,10-12,14-15,22,31H,5-6,9,13,16-18H2,1-4H3. The Bertz CT molecular complexity index is 1310. The topological polar surface area (TPSA) is 68.5 Å². The Kier molecular flexibility index (Phi) is 7.86. The van der Waals surface area contributed by atoms with Crippen LogP contribution < -0.4 is 15.7 Å². The molecule has 0 bridgehead atoms. The van der Waals surface area contributed by atoms with Gasteiger partial charge in [-0.05, 0) is 88.9 Å². The van der Waals surface area contributed by atoms with Crippen LogP contribution in [0.2, 0.25) is 0 Å². The van der Waals surface area contributed by atoms with Crippen molar-refractivity contribution in [3.63, 3.8) is 0 Å². The van der Waals surface area contributed by atoms with Crippen LogP contribution in [-0.4, -0.2) is 25.5 Å². The number of Topliss-reactive ketones (excluding diaryl/α,β-unsaturated/α-hetero) is 1. The van der Waals surface area contributed by atoms with Crippen LogP contribution in [0.1, 0.15) is 59.3 Å². The minimum absolute atomic E-state index is 0.00932. The van der Waals surface area contributed by atoms with Crippen LogP contribution in [0.15, 0.2) is 57.3 Å². The predicted molar refractivity (Wildman–Crippen MR) is 141 cm³/mol. The quantitative estimate of drug-likeness (QED) is 0.257. The molecule has 5 heteroatoms. The zero-order valence-corrected chi connectivity index (χ0v) is 21.2. The van der Waals surface area contributed by atoms with E-state index in [1.54, 1.807) is 6.07 Å². The average molecular weight is 474 g/mol. The van der Waals surface area contributed by atoms with E-state index in [1.807, 2.05) is 44.2 Å². The lowest BCUT2D eigenvalue weighted by Gasteiger charge is -2.23. The SMILES string of the molecule is CC(C)=CCc1cc(C(=O)Cc2cc3ccc(OCC4CCCNC4)c(C)c3oc2=O)ccc1C. The highest BCUT2D eigenvalue weighted by Gasteiger charge is 2.17. The molecule has 0 spiro atoms. The second kappa shape index (κ2) is 11.0. The Morgan fingerprint density at radius 3 is 2.71 bits per heavy atom. The number of piperidine rings is 1. The summed E-state index contributed by atoms with van der Waals surface area (Å²) >= 11 is 0. The van der Waals surface area contributed by atoms with Gasteiger partial charge in [0.1, 0.15) is 11.3 Å². The normalized spacial score (nSPS) is 15.7. The first-order chi connectivity index (χ1) is 16.8. The van der Waals surface area contributed by atoms with E-state index in [0.717, 1.165) is 53.8 Å². The summed E-state index contributed by atoms with van der Waals surface area (Å²) in [6.45, 7) is 10.8. The van der Waals surface area contributed by atoms with Crippen molar-refractivity contribution in [3.8, 4) is 5.75 Å². The number of fused-ring (bicyclic) bond motifs is 1. The number of allylic oxidation sites excluding steroid dienone is 2. The first kappa shape index (κ1) is 24.9. The van der Waals surface area contributed by atoms with Gasteiger partial charge in [-0.15, -0.1) is 0 Å². The van der Waals surface area contributed by atoms with Crippen molar-refractivity contribution in [3.05, 3.63) is 86.3 Å². The number of hydrogen-bond acceptors (Lipinski definition) is 5. The summed E-state index contributed by atoms with van der Waals surface area (Å²) in [7, 11) is 0. The van der Waals surface area contributed by atoms with Crippen molar-refractivity contribution in [1.82, 2.24) is 5.32 Å². The fourth-order valence-electron chi connectivity index (χ4n) is 4.56. The molecule has 1 N–H and O–H groups in total. The first-order valence-electron chi connectivity index (χ1n) is 12.5. The molecule has 1 unspecified atom stereocenters.